The number of benzene rings is 1. The van der Waals surface area contributed by atoms with Crippen LogP contribution in [0, 0.1) is 20.8 Å². The molecule has 1 aliphatic rings. The molecule has 0 radical (unpaired) electrons. The van der Waals surface area contributed by atoms with Crippen LogP contribution in [0.15, 0.2) is 28.8 Å². The summed E-state index contributed by atoms with van der Waals surface area (Å²) in [6.45, 7) is 12.6. The first kappa shape index (κ1) is 22.9. The molecular weight excluding hydrogens is 418 g/mol. The van der Waals surface area contributed by atoms with Gasteiger partial charge in [-0.3, -0.25) is 14.5 Å². The zero-order valence-corrected chi connectivity index (χ0v) is 19.9. The minimum Gasteiger partial charge on any atom is -0.336 e. The third kappa shape index (κ3) is 4.75. The molecule has 174 valence electrons. The molecule has 0 spiro atoms. The molecule has 33 heavy (non-hydrogen) atoms. The standard InChI is InChI=1S/C25H31N5O3/c1-15(2)20-13-19(22-18(5)28-33-24(22)26-20)25(32)30-11-9-29(10-12-30)14-21(31)27-23-16(3)7-6-8-17(23)4/h6-8,13,15H,9-12,14H2,1-5H3,(H,27,31). The van der Waals surface area contributed by atoms with E-state index in [0.29, 0.717) is 55.1 Å². The van der Waals surface area contributed by atoms with Gasteiger partial charge in [0.1, 0.15) is 0 Å². The Kier molecular flexibility index (Phi) is 6.47. The van der Waals surface area contributed by atoms with Crippen LogP contribution in [0.3, 0.4) is 0 Å². The number of carbonyl (C=O) groups is 2. The maximum absolute atomic E-state index is 13.4. The van der Waals surface area contributed by atoms with E-state index < -0.39 is 0 Å². The third-order valence-corrected chi connectivity index (χ3v) is 6.23. The molecule has 1 fully saturated rings. The topological polar surface area (TPSA) is 91.6 Å². The molecule has 1 N–H and O–H groups in total. The average Bonchev–Trinajstić information content (AvgIpc) is 3.16. The Morgan fingerprint density at radius 1 is 1.09 bits per heavy atom. The first-order chi connectivity index (χ1) is 15.7. The molecule has 0 saturated carbocycles. The monoisotopic (exact) mass is 449 g/mol. The van der Waals surface area contributed by atoms with Crippen molar-refractivity contribution in [2.45, 2.75) is 40.5 Å². The Morgan fingerprint density at radius 2 is 1.76 bits per heavy atom. The van der Waals surface area contributed by atoms with Gasteiger partial charge in [-0.1, -0.05) is 37.2 Å². The lowest BCUT2D eigenvalue weighted by molar-refractivity contribution is -0.117. The van der Waals surface area contributed by atoms with E-state index in [9.17, 15) is 9.59 Å². The number of hydrogen-bond acceptors (Lipinski definition) is 6. The maximum Gasteiger partial charge on any atom is 0.259 e. The number of amides is 2. The van der Waals surface area contributed by atoms with Crippen molar-refractivity contribution in [1.29, 1.82) is 0 Å². The Hall–Kier alpha value is -3.26. The van der Waals surface area contributed by atoms with Crippen LogP contribution >= 0.6 is 0 Å². The fourth-order valence-corrected chi connectivity index (χ4v) is 4.25. The minimum atomic E-state index is -0.0461. The summed E-state index contributed by atoms with van der Waals surface area (Å²) >= 11 is 0. The molecule has 8 heteroatoms. The van der Waals surface area contributed by atoms with Crippen LogP contribution in [-0.4, -0.2) is 64.5 Å². The number of nitrogens with one attached hydrogen (secondary N) is 1. The second-order valence-electron chi connectivity index (χ2n) is 9.08. The van der Waals surface area contributed by atoms with Crippen LogP contribution < -0.4 is 5.32 Å². The fraction of sp³-hybridized carbons (Fsp3) is 0.440. The van der Waals surface area contributed by atoms with Gasteiger partial charge in [0, 0.05) is 37.6 Å². The fourth-order valence-electron chi connectivity index (χ4n) is 4.25. The van der Waals surface area contributed by atoms with E-state index in [1.807, 2.05) is 63.8 Å². The first-order valence-electron chi connectivity index (χ1n) is 11.4. The number of pyridine rings is 1. The smallest absolute Gasteiger partial charge is 0.259 e. The molecule has 4 rings (SSSR count). The van der Waals surface area contributed by atoms with E-state index in [1.165, 1.54) is 0 Å². The largest absolute Gasteiger partial charge is 0.336 e. The molecule has 0 bridgehead atoms. The number of fused-ring (bicyclic) bond motifs is 1. The van der Waals surface area contributed by atoms with E-state index in [-0.39, 0.29) is 17.7 Å². The number of rotatable bonds is 5. The summed E-state index contributed by atoms with van der Waals surface area (Å²) in [4.78, 5) is 34.5. The van der Waals surface area contributed by atoms with Gasteiger partial charge in [0.2, 0.25) is 5.91 Å². The highest BCUT2D eigenvalue weighted by Crippen LogP contribution is 2.26. The molecule has 0 aliphatic carbocycles. The van der Waals surface area contributed by atoms with E-state index in [4.69, 9.17) is 4.52 Å². The molecular formula is C25H31N5O3. The zero-order chi connectivity index (χ0) is 23.7. The highest BCUT2D eigenvalue weighted by atomic mass is 16.5. The van der Waals surface area contributed by atoms with Gasteiger partial charge in [-0.05, 0) is 43.9 Å². The number of anilines is 1. The highest BCUT2D eigenvalue weighted by Gasteiger charge is 2.27. The van der Waals surface area contributed by atoms with Crippen molar-refractivity contribution in [2.75, 3.05) is 38.0 Å². The highest BCUT2D eigenvalue weighted by molar-refractivity contribution is 6.06. The number of nitrogens with zero attached hydrogens (tertiary/aromatic N) is 4. The summed E-state index contributed by atoms with van der Waals surface area (Å²) < 4.78 is 5.36. The second kappa shape index (κ2) is 9.31. The zero-order valence-electron chi connectivity index (χ0n) is 19.9. The number of aromatic nitrogens is 2. The van der Waals surface area contributed by atoms with Crippen LogP contribution in [0.5, 0.6) is 0 Å². The van der Waals surface area contributed by atoms with Crippen molar-refractivity contribution >= 4 is 28.6 Å². The van der Waals surface area contributed by atoms with Crippen LogP contribution in [0.4, 0.5) is 5.69 Å². The third-order valence-electron chi connectivity index (χ3n) is 6.23. The van der Waals surface area contributed by atoms with Gasteiger partial charge in [0.05, 0.1) is 23.2 Å². The minimum absolute atomic E-state index is 0.0373. The summed E-state index contributed by atoms with van der Waals surface area (Å²) in [6, 6.07) is 7.83. The molecule has 1 aliphatic heterocycles. The molecule has 0 unspecified atom stereocenters. The maximum atomic E-state index is 13.4. The van der Waals surface area contributed by atoms with Gasteiger partial charge in [-0.15, -0.1) is 0 Å². The van der Waals surface area contributed by atoms with Gasteiger partial charge >= 0.3 is 0 Å². The van der Waals surface area contributed by atoms with Crippen molar-refractivity contribution in [3.63, 3.8) is 0 Å². The lowest BCUT2D eigenvalue weighted by Gasteiger charge is -2.34. The molecule has 0 atom stereocenters. The van der Waals surface area contributed by atoms with Crippen molar-refractivity contribution in [2.24, 2.45) is 0 Å². The quantitative estimate of drug-likeness (QED) is 0.639. The van der Waals surface area contributed by atoms with Crippen molar-refractivity contribution in [3.05, 3.63) is 52.3 Å². The number of carbonyl (C=O) groups excluding carboxylic acids is 2. The van der Waals surface area contributed by atoms with Crippen LogP contribution in [0.25, 0.3) is 11.1 Å². The lowest BCUT2D eigenvalue weighted by atomic mass is 10.0. The summed E-state index contributed by atoms with van der Waals surface area (Å²) in [7, 11) is 0. The average molecular weight is 450 g/mol. The van der Waals surface area contributed by atoms with Crippen molar-refractivity contribution < 1.29 is 14.1 Å². The number of para-hydroxylation sites is 1. The van der Waals surface area contributed by atoms with Crippen LogP contribution in [0.2, 0.25) is 0 Å². The number of piperazine rings is 1. The predicted octanol–water partition coefficient (Wildman–Crippen LogP) is 3.67. The lowest BCUT2D eigenvalue weighted by Crippen LogP contribution is -2.50. The molecule has 2 aromatic heterocycles. The van der Waals surface area contributed by atoms with Gasteiger partial charge < -0.3 is 14.7 Å². The normalized spacial score (nSPS) is 14.8. The van der Waals surface area contributed by atoms with Gasteiger partial charge in [0.15, 0.2) is 0 Å². The van der Waals surface area contributed by atoms with E-state index in [2.05, 4.69) is 20.4 Å². The molecule has 3 aromatic rings. The predicted molar refractivity (Wildman–Crippen MR) is 128 cm³/mol. The first-order valence-corrected chi connectivity index (χ1v) is 11.4. The van der Waals surface area contributed by atoms with Crippen molar-refractivity contribution in [1.82, 2.24) is 19.9 Å². The van der Waals surface area contributed by atoms with Crippen molar-refractivity contribution in [3.8, 4) is 0 Å². The summed E-state index contributed by atoms with van der Waals surface area (Å²) in [6.07, 6.45) is 0. The second-order valence-corrected chi connectivity index (χ2v) is 9.08. The Morgan fingerprint density at radius 3 is 2.39 bits per heavy atom. The van der Waals surface area contributed by atoms with Gasteiger partial charge in [-0.2, -0.15) is 0 Å². The molecule has 3 heterocycles. The van der Waals surface area contributed by atoms with E-state index in [1.54, 1.807) is 0 Å². The molecule has 8 nitrogen and oxygen atoms in total. The SMILES string of the molecule is Cc1cccc(C)c1NC(=O)CN1CCN(C(=O)c2cc(C(C)C)nc3onc(C)c23)CC1. The Bertz CT molecular complexity index is 1170. The van der Waals surface area contributed by atoms with Crippen LogP contribution in [0.1, 0.15) is 52.6 Å². The number of hydrogen-bond donors (Lipinski definition) is 1. The van der Waals surface area contributed by atoms with E-state index in [0.717, 1.165) is 22.5 Å². The number of aryl methyl sites for hydroxylation is 3. The molecule has 1 aromatic carbocycles. The molecule has 2 amide bonds. The van der Waals surface area contributed by atoms with Crippen LogP contribution in [-0.2, 0) is 4.79 Å². The Balaban J connectivity index is 1.42. The van der Waals surface area contributed by atoms with Gasteiger partial charge in [0.25, 0.3) is 11.6 Å². The Labute approximate surface area is 193 Å². The summed E-state index contributed by atoms with van der Waals surface area (Å²) in [5.41, 5.74) is 5.44. The summed E-state index contributed by atoms with van der Waals surface area (Å²) in [5, 5.41) is 7.74. The van der Waals surface area contributed by atoms with Gasteiger partial charge in [-0.25, -0.2) is 4.98 Å². The molecule has 1 saturated heterocycles. The summed E-state index contributed by atoms with van der Waals surface area (Å²) in [5.74, 6) is 0.0820. The van der Waals surface area contributed by atoms with E-state index >= 15 is 0 Å².